The van der Waals surface area contributed by atoms with E-state index in [9.17, 15) is 0 Å². The summed E-state index contributed by atoms with van der Waals surface area (Å²) in [5.74, 6) is 1.35. The minimum Gasteiger partial charge on any atom is -0.339 e. The highest BCUT2D eigenvalue weighted by Gasteiger charge is 2.34. The SMILES string of the molecule is CCN(CC)c1noc(CC2(N)CCC2)n1. The van der Waals surface area contributed by atoms with E-state index < -0.39 is 0 Å². The van der Waals surface area contributed by atoms with E-state index in [4.69, 9.17) is 10.3 Å². The van der Waals surface area contributed by atoms with Crippen LogP contribution in [0, 0.1) is 0 Å². The van der Waals surface area contributed by atoms with Gasteiger partial charge in [-0.25, -0.2) is 0 Å². The topological polar surface area (TPSA) is 68.2 Å². The molecule has 1 aliphatic rings. The Labute approximate surface area is 96.0 Å². The van der Waals surface area contributed by atoms with Gasteiger partial charge in [0.15, 0.2) is 0 Å². The molecule has 0 unspecified atom stereocenters. The average Bonchev–Trinajstić information content (AvgIpc) is 2.66. The zero-order chi connectivity index (χ0) is 11.6. The smallest absolute Gasteiger partial charge is 0.266 e. The minimum atomic E-state index is -0.0902. The van der Waals surface area contributed by atoms with E-state index in [0.29, 0.717) is 18.3 Å². The molecular formula is C11H20N4O. The third kappa shape index (κ3) is 2.19. The van der Waals surface area contributed by atoms with Gasteiger partial charge in [-0.05, 0) is 38.3 Å². The molecule has 1 heterocycles. The summed E-state index contributed by atoms with van der Waals surface area (Å²) in [7, 11) is 0. The predicted molar refractivity (Wildman–Crippen MR) is 62.3 cm³/mol. The van der Waals surface area contributed by atoms with Crippen molar-refractivity contribution in [2.45, 2.75) is 45.1 Å². The molecule has 0 amide bonds. The molecule has 1 fully saturated rings. The quantitative estimate of drug-likeness (QED) is 0.817. The summed E-state index contributed by atoms with van der Waals surface area (Å²) in [6, 6.07) is 0. The summed E-state index contributed by atoms with van der Waals surface area (Å²) in [5.41, 5.74) is 6.05. The lowest BCUT2D eigenvalue weighted by molar-refractivity contribution is 0.222. The fourth-order valence-corrected chi connectivity index (χ4v) is 2.06. The Kier molecular flexibility index (Phi) is 3.14. The van der Waals surface area contributed by atoms with Crippen LogP contribution < -0.4 is 10.6 Å². The lowest BCUT2D eigenvalue weighted by atomic mass is 9.75. The molecule has 5 nitrogen and oxygen atoms in total. The van der Waals surface area contributed by atoms with Crippen molar-refractivity contribution in [3.63, 3.8) is 0 Å². The zero-order valence-corrected chi connectivity index (χ0v) is 10.1. The summed E-state index contributed by atoms with van der Waals surface area (Å²) < 4.78 is 5.24. The van der Waals surface area contributed by atoms with Crippen LogP contribution in [-0.2, 0) is 6.42 Å². The van der Waals surface area contributed by atoms with Crippen LogP contribution in [0.5, 0.6) is 0 Å². The number of aromatic nitrogens is 2. The largest absolute Gasteiger partial charge is 0.339 e. The number of hydrogen-bond acceptors (Lipinski definition) is 5. The molecule has 1 aromatic rings. The van der Waals surface area contributed by atoms with Crippen LogP contribution >= 0.6 is 0 Å². The number of rotatable bonds is 5. The van der Waals surface area contributed by atoms with E-state index in [0.717, 1.165) is 25.9 Å². The molecular weight excluding hydrogens is 204 g/mol. The monoisotopic (exact) mass is 224 g/mol. The molecule has 1 aromatic heterocycles. The maximum Gasteiger partial charge on any atom is 0.266 e. The molecule has 1 saturated carbocycles. The van der Waals surface area contributed by atoms with Gasteiger partial charge in [0.25, 0.3) is 5.95 Å². The maximum absolute atomic E-state index is 6.14. The Morgan fingerprint density at radius 1 is 1.38 bits per heavy atom. The third-order valence-corrected chi connectivity index (χ3v) is 3.36. The van der Waals surface area contributed by atoms with E-state index in [-0.39, 0.29) is 5.54 Å². The molecule has 1 aliphatic carbocycles. The third-order valence-electron chi connectivity index (χ3n) is 3.36. The summed E-state index contributed by atoms with van der Waals surface area (Å²) in [4.78, 5) is 6.45. The van der Waals surface area contributed by atoms with Crippen LogP contribution in [0.4, 0.5) is 5.95 Å². The summed E-state index contributed by atoms with van der Waals surface area (Å²) in [5, 5.41) is 3.99. The normalized spacial score (nSPS) is 18.2. The van der Waals surface area contributed by atoms with E-state index in [1.807, 2.05) is 0 Å². The van der Waals surface area contributed by atoms with Crippen molar-refractivity contribution in [1.29, 1.82) is 0 Å². The van der Waals surface area contributed by atoms with Gasteiger partial charge in [0.05, 0.1) is 0 Å². The van der Waals surface area contributed by atoms with Crippen LogP contribution in [0.15, 0.2) is 4.52 Å². The van der Waals surface area contributed by atoms with E-state index in [1.54, 1.807) is 0 Å². The number of nitrogens with two attached hydrogens (primary N) is 1. The molecule has 0 atom stereocenters. The fourth-order valence-electron chi connectivity index (χ4n) is 2.06. The average molecular weight is 224 g/mol. The van der Waals surface area contributed by atoms with Gasteiger partial charge in [-0.1, -0.05) is 0 Å². The van der Waals surface area contributed by atoms with Crippen LogP contribution in [-0.4, -0.2) is 28.8 Å². The van der Waals surface area contributed by atoms with Crippen LogP contribution in [0.2, 0.25) is 0 Å². The van der Waals surface area contributed by atoms with Gasteiger partial charge < -0.3 is 15.2 Å². The van der Waals surface area contributed by atoms with Crippen molar-refractivity contribution in [2.24, 2.45) is 5.73 Å². The number of nitrogens with zero attached hydrogens (tertiary/aromatic N) is 3. The molecule has 0 saturated heterocycles. The summed E-state index contributed by atoms with van der Waals surface area (Å²) in [6.07, 6.45) is 4.06. The lowest BCUT2D eigenvalue weighted by Gasteiger charge is -2.36. The fraction of sp³-hybridized carbons (Fsp3) is 0.818. The van der Waals surface area contributed by atoms with Crippen molar-refractivity contribution < 1.29 is 4.52 Å². The Morgan fingerprint density at radius 3 is 2.56 bits per heavy atom. The first-order valence-electron chi connectivity index (χ1n) is 6.03. The molecule has 90 valence electrons. The molecule has 0 aromatic carbocycles. The van der Waals surface area contributed by atoms with Gasteiger partial charge in [0.2, 0.25) is 5.89 Å². The van der Waals surface area contributed by atoms with Crippen molar-refractivity contribution in [3.05, 3.63) is 5.89 Å². The first-order valence-corrected chi connectivity index (χ1v) is 6.03. The summed E-state index contributed by atoms with van der Waals surface area (Å²) in [6.45, 7) is 5.94. The van der Waals surface area contributed by atoms with Gasteiger partial charge in [-0.3, -0.25) is 0 Å². The van der Waals surface area contributed by atoms with Crippen LogP contribution in [0.1, 0.15) is 39.0 Å². The Bertz CT molecular complexity index is 342. The van der Waals surface area contributed by atoms with E-state index in [1.165, 1.54) is 6.42 Å². The van der Waals surface area contributed by atoms with Crippen LogP contribution in [0.25, 0.3) is 0 Å². The predicted octanol–water partition coefficient (Wildman–Crippen LogP) is 1.34. The zero-order valence-electron chi connectivity index (χ0n) is 10.1. The van der Waals surface area contributed by atoms with Gasteiger partial charge >= 0.3 is 0 Å². The lowest BCUT2D eigenvalue weighted by Crippen LogP contribution is -2.48. The molecule has 0 spiro atoms. The number of hydrogen-bond donors (Lipinski definition) is 1. The highest BCUT2D eigenvalue weighted by atomic mass is 16.5. The van der Waals surface area contributed by atoms with Crippen LogP contribution in [0.3, 0.4) is 0 Å². The Hall–Kier alpha value is -1.10. The second-order valence-corrected chi connectivity index (χ2v) is 4.55. The minimum absolute atomic E-state index is 0.0902. The highest BCUT2D eigenvalue weighted by molar-refractivity contribution is 5.26. The van der Waals surface area contributed by atoms with Crippen molar-refractivity contribution >= 4 is 5.95 Å². The Morgan fingerprint density at radius 2 is 2.06 bits per heavy atom. The molecule has 0 aliphatic heterocycles. The molecule has 16 heavy (non-hydrogen) atoms. The van der Waals surface area contributed by atoms with Gasteiger partial charge in [-0.2, -0.15) is 4.98 Å². The van der Waals surface area contributed by atoms with Gasteiger partial charge in [0, 0.05) is 25.0 Å². The van der Waals surface area contributed by atoms with E-state index in [2.05, 4.69) is 28.9 Å². The summed E-state index contributed by atoms with van der Waals surface area (Å²) >= 11 is 0. The highest BCUT2D eigenvalue weighted by Crippen LogP contribution is 2.32. The maximum atomic E-state index is 6.14. The molecule has 2 rings (SSSR count). The Balaban J connectivity index is 2.01. The first-order chi connectivity index (χ1) is 7.67. The van der Waals surface area contributed by atoms with Gasteiger partial charge in [0.1, 0.15) is 0 Å². The molecule has 2 N–H and O–H groups in total. The standard InChI is InChI=1S/C11H20N4O/c1-3-15(4-2)10-13-9(16-14-10)8-11(12)6-5-7-11/h3-8,12H2,1-2H3. The number of anilines is 1. The van der Waals surface area contributed by atoms with E-state index >= 15 is 0 Å². The molecule has 5 heteroatoms. The van der Waals surface area contributed by atoms with Crippen molar-refractivity contribution in [3.8, 4) is 0 Å². The second kappa shape index (κ2) is 4.41. The molecule has 0 radical (unpaired) electrons. The van der Waals surface area contributed by atoms with Crippen molar-refractivity contribution in [2.75, 3.05) is 18.0 Å². The molecule has 0 bridgehead atoms. The van der Waals surface area contributed by atoms with Crippen molar-refractivity contribution in [1.82, 2.24) is 10.1 Å². The first kappa shape index (κ1) is 11.4. The van der Waals surface area contributed by atoms with Gasteiger partial charge in [-0.15, -0.1) is 0 Å². The second-order valence-electron chi connectivity index (χ2n) is 4.55.